The van der Waals surface area contributed by atoms with Crippen molar-refractivity contribution in [3.63, 3.8) is 0 Å². The van der Waals surface area contributed by atoms with Gasteiger partial charge in [-0.1, -0.05) is 13.8 Å². The highest BCUT2D eigenvalue weighted by molar-refractivity contribution is 8.00. The molecule has 0 aromatic rings. The lowest BCUT2D eigenvalue weighted by Crippen LogP contribution is -1.99. The molecule has 0 saturated heterocycles. The van der Waals surface area contributed by atoms with Gasteiger partial charge >= 0.3 is 0 Å². The Bertz CT molecular complexity index is 109. The summed E-state index contributed by atoms with van der Waals surface area (Å²) < 4.78 is 0. The molecule has 0 spiro atoms. The van der Waals surface area contributed by atoms with Gasteiger partial charge in [0, 0.05) is 12.0 Å². The Hall–Kier alpha value is 0.0200. The maximum atomic E-state index is 4.31. The quantitative estimate of drug-likeness (QED) is 0.577. The fourth-order valence-corrected chi connectivity index (χ4v) is 1.98. The van der Waals surface area contributed by atoms with Gasteiger partial charge in [-0.25, -0.2) is 0 Å². The Morgan fingerprint density at radius 1 is 1.78 bits per heavy atom. The normalized spacial score (nSPS) is 25.9. The molecule has 52 valence electrons. The molecule has 1 atom stereocenters. The molecule has 0 aromatic heterocycles. The van der Waals surface area contributed by atoms with Crippen LogP contribution < -0.4 is 0 Å². The minimum Gasteiger partial charge on any atom is -0.283 e. The Kier molecular flexibility index (Phi) is 2.58. The zero-order valence-corrected chi connectivity index (χ0v) is 6.82. The van der Waals surface area contributed by atoms with Crippen LogP contribution in [0.3, 0.4) is 0 Å². The van der Waals surface area contributed by atoms with Gasteiger partial charge in [0.2, 0.25) is 0 Å². The van der Waals surface area contributed by atoms with E-state index in [0.29, 0.717) is 5.37 Å². The molecular weight excluding hydrogens is 130 g/mol. The van der Waals surface area contributed by atoms with E-state index in [2.05, 4.69) is 18.8 Å². The van der Waals surface area contributed by atoms with Crippen LogP contribution in [0.5, 0.6) is 0 Å². The van der Waals surface area contributed by atoms with Crippen molar-refractivity contribution in [2.45, 2.75) is 25.6 Å². The van der Waals surface area contributed by atoms with Gasteiger partial charge in [-0.3, -0.25) is 4.99 Å². The Morgan fingerprint density at radius 2 is 2.56 bits per heavy atom. The maximum Gasteiger partial charge on any atom is 0.0953 e. The third-order valence-corrected chi connectivity index (χ3v) is 2.35. The minimum absolute atomic E-state index is 0.574. The summed E-state index contributed by atoms with van der Waals surface area (Å²) in [5.74, 6) is 1.91. The van der Waals surface area contributed by atoms with Crippen molar-refractivity contribution in [1.29, 1.82) is 0 Å². The second-order valence-electron chi connectivity index (χ2n) is 2.75. The predicted molar refractivity (Wildman–Crippen MR) is 44.2 cm³/mol. The lowest BCUT2D eigenvalue weighted by atomic mass is 10.1. The number of hydrogen-bond donors (Lipinski definition) is 0. The second kappa shape index (κ2) is 3.25. The van der Waals surface area contributed by atoms with Crippen LogP contribution in [0.4, 0.5) is 0 Å². The molecule has 1 heterocycles. The molecule has 0 radical (unpaired) electrons. The van der Waals surface area contributed by atoms with Crippen molar-refractivity contribution in [1.82, 2.24) is 0 Å². The summed E-state index contributed by atoms with van der Waals surface area (Å²) in [5, 5.41) is 0.574. The third kappa shape index (κ3) is 2.39. The minimum atomic E-state index is 0.574. The van der Waals surface area contributed by atoms with Crippen molar-refractivity contribution in [3.8, 4) is 0 Å². The van der Waals surface area contributed by atoms with Gasteiger partial charge in [-0.15, -0.1) is 11.8 Å². The summed E-state index contributed by atoms with van der Waals surface area (Å²) in [6.07, 6.45) is 3.26. The summed E-state index contributed by atoms with van der Waals surface area (Å²) in [4.78, 5) is 4.31. The molecule has 0 aromatic carbocycles. The van der Waals surface area contributed by atoms with Gasteiger partial charge in [0.25, 0.3) is 0 Å². The van der Waals surface area contributed by atoms with E-state index in [9.17, 15) is 0 Å². The first-order valence-corrected chi connectivity index (χ1v) is 4.47. The smallest absolute Gasteiger partial charge is 0.0953 e. The molecule has 0 amide bonds. The van der Waals surface area contributed by atoms with E-state index in [1.165, 1.54) is 6.42 Å². The summed E-state index contributed by atoms with van der Waals surface area (Å²) in [6, 6.07) is 0. The van der Waals surface area contributed by atoms with E-state index in [4.69, 9.17) is 0 Å². The van der Waals surface area contributed by atoms with E-state index >= 15 is 0 Å². The van der Waals surface area contributed by atoms with Gasteiger partial charge in [0.05, 0.1) is 5.37 Å². The first-order chi connectivity index (χ1) is 4.29. The van der Waals surface area contributed by atoms with Gasteiger partial charge in [-0.05, 0) is 12.3 Å². The highest BCUT2D eigenvalue weighted by Crippen LogP contribution is 2.23. The lowest BCUT2D eigenvalue weighted by Gasteiger charge is -2.07. The molecule has 0 fully saturated rings. The van der Waals surface area contributed by atoms with Crippen LogP contribution in [-0.2, 0) is 0 Å². The molecule has 1 nitrogen and oxygen atoms in total. The van der Waals surface area contributed by atoms with Crippen LogP contribution in [0.25, 0.3) is 0 Å². The van der Waals surface area contributed by atoms with Gasteiger partial charge in [-0.2, -0.15) is 0 Å². The topological polar surface area (TPSA) is 12.4 Å². The predicted octanol–water partition coefficient (Wildman–Crippen LogP) is 2.18. The highest BCUT2D eigenvalue weighted by Gasteiger charge is 2.11. The van der Waals surface area contributed by atoms with Crippen molar-refractivity contribution in [3.05, 3.63) is 0 Å². The standard InChI is InChI=1S/C7H13NS/c1-6(2)5-7-8-3-4-9-7/h3,6-7H,4-5H2,1-2H3/t7-/m1/s1. The van der Waals surface area contributed by atoms with Crippen molar-refractivity contribution >= 4 is 18.0 Å². The molecule has 1 rings (SSSR count). The van der Waals surface area contributed by atoms with Crippen LogP contribution in [0, 0.1) is 5.92 Å². The number of thioether (sulfide) groups is 1. The number of hydrogen-bond acceptors (Lipinski definition) is 2. The van der Waals surface area contributed by atoms with Crippen LogP contribution in [0.2, 0.25) is 0 Å². The molecule has 0 aliphatic carbocycles. The van der Waals surface area contributed by atoms with Crippen LogP contribution in [-0.4, -0.2) is 17.3 Å². The van der Waals surface area contributed by atoms with Crippen LogP contribution in [0.15, 0.2) is 4.99 Å². The molecule has 0 unspecified atom stereocenters. The van der Waals surface area contributed by atoms with Crippen molar-refractivity contribution in [2.24, 2.45) is 10.9 Å². The average Bonchev–Trinajstić information content (AvgIpc) is 2.15. The van der Waals surface area contributed by atoms with E-state index in [0.717, 1.165) is 11.7 Å². The van der Waals surface area contributed by atoms with E-state index in [-0.39, 0.29) is 0 Å². The van der Waals surface area contributed by atoms with Gasteiger partial charge in [0.15, 0.2) is 0 Å². The van der Waals surface area contributed by atoms with Crippen molar-refractivity contribution in [2.75, 3.05) is 5.75 Å². The zero-order chi connectivity index (χ0) is 6.69. The number of rotatable bonds is 2. The summed E-state index contributed by atoms with van der Waals surface area (Å²) in [5.41, 5.74) is 0. The van der Waals surface area contributed by atoms with E-state index in [1.807, 2.05) is 18.0 Å². The number of aliphatic imine (C=N–C) groups is 1. The SMILES string of the molecule is CC(C)C[C@@H]1N=CCS1. The fraction of sp³-hybridized carbons (Fsp3) is 0.857. The maximum absolute atomic E-state index is 4.31. The average molecular weight is 143 g/mol. The molecule has 1 aliphatic heterocycles. The summed E-state index contributed by atoms with van der Waals surface area (Å²) >= 11 is 1.95. The molecule has 1 aliphatic rings. The Balaban J connectivity index is 2.20. The van der Waals surface area contributed by atoms with Crippen LogP contribution >= 0.6 is 11.8 Å². The van der Waals surface area contributed by atoms with Crippen molar-refractivity contribution < 1.29 is 0 Å². The Labute approximate surface area is 60.9 Å². The monoisotopic (exact) mass is 143 g/mol. The summed E-state index contributed by atoms with van der Waals surface area (Å²) in [7, 11) is 0. The zero-order valence-electron chi connectivity index (χ0n) is 6.00. The molecule has 0 bridgehead atoms. The second-order valence-corrected chi connectivity index (χ2v) is 3.96. The summed E-state index contributed by atoms with van der Waals surface area (Å²) in [6.45, 7) is 4.49. The molecule has 0 saturated carbocycles. The largest absolute Gasteiger partial charge is 0.283 e. The first kappa shape index (κ1) is 7.13. The van der Waals surface area contributed by atoms with Gasteiger partial charge < -0.3 is 0 Å². The van der Waals surface area contributed by atoms with Crippen LogP contribution in [0.1, 0.15) is 20.3 Å². The molecular formula is C7H13NS. The van der Waals surface area contributed by atoms with E-state index < -0.39 is 0 Å². The third-order valence-electron chi connectivity index (χ3n) is 1.31. The highest BCUT2D eigenvalue weighted by atomic mass is 32.2. The van der Waals surface area contributed by atoms with Gasteiger partial charge in [0.1, 0.15) is 0 Å². The number of nitrogens with zero attached hydrogens (tertiary/aromatic N) is 1. The van der Waals surface area contributed by atoms with E-state index in [1.54, 1.807) is 0 Å². The molecule has 0 N–H and O–H groups in total. The molecule has 2 heteroatoms. The fourth-order valence-electron chi connectivity index (χ4n) is 0.890. The molecule has 9 heavy (non-hydrogen) atoms. The first-order valence-electron chi connectivity index (χ1n) is 3.42. The lowest BCUT2D eigenvalue weighted by molar-refractivity contribution is 0.580. The Morgan fingerprint density at radius 3 is 3.00 bits per heavy atom.